The maximum atomic E-state index is 9.07. The van der Waals surface area contributed by atoms with E-state index in [0.717, 1.165) is 66.1 Å². The van der Waals surface area contributed by atoms with Gasteiger partial charge < -0.3 is 10.2 Å². The number of aromatic nitrogens is 1. The zero-order valence-corrected chi connectivity index (χ0v) is 19.5. The molecule has 1 saturated heterocycles. The van der Waals surface area contributed by atoms with E-state index >= 15 is 0 Å². The lowest BCUT2D eigenvalue weighted by Gasteiger charge is -2.35. The Hall–Kier alpha value is -4.39. The highest BCUT2D eigenvalue weighted by Crippen LogP contribution is 2.30. The highest BCUT2D eigenvalue weighted by molar-refractivity contribution is 5.96. The molecule has 35 heavy (non-hydrogen) atoms. The lowest BCUT2D eigenvalue weighted by atomic mass is 10.0. The summed E-state index contributed by atoms with van der Waals surface area (Å²) in [7, 11) is 0. The Balaban J connectivity index is 1.32. The Morgan fingerprint density at radius 1 is 0.829 bits per heavy atom. The third-order valence-electron chi connectivity index (χ3n) is 6.52. The second-order valence-corrected chi connectivity index (χ2v) is 8.69. The third-order valence-corrected chi connectivity index (χ3v) is 6.52. The van der Waals surface area contributed by atoms with Gasteiger partial charge in [0.2, 0.25) is 0 Å². The van der Waals surface area contributed by atoms with Crippen LogP contribution >= 0.6 is 0 Å². The van der Waals surface area contributed by atoms with Crippen LogP contribution in [0.4, 0.5) is 17.2 Å². The van der Waals surface area contributed by atoms with Crippen molar-refractivity contribution in [1.29, 1.82) is 10.5 Å². The second-order valence-electron chi connectivity index (χ2n) is 8.69. The minimum atomic E-state index is 0.595. The number of nitrogens with one attached hydrogen (secondary N) is 1. The Morgan fingerprint density at radius 3 is 2.29 bits per heavy atom. The molecule has 172 valence electrons. The maximum Gasteiger partial charge on any atom is 0.138 e. The molecule has 1 aliphatic heterocycles. The zero-order valence-electron chi connectivity index (χ0n) is 19.5. The first-order valence-electron chi connectivity index (χ1n) is 11.8. The van der Waals surface area contributed by atoms with Gasteiger partial charge in [-0.05, 0) is 65.0 Å². The topological polar surface area (TPSA) is 79.0 Å². The molecule has 1 fully saturated rings. The summed E-state index contributed by atoms with van der Waals surface area (Å²) >= 11 is 0. The van der Waals surface area contributed by atoms with Gasteiger partial charge in [-0.2, -0.15) is 10.5 Å². The van der Waals surface area contributed by atoms with Crippen LogP contribution in [0.1, 0.15) is 12.0 Å². The molecule has 0 aliphatic carbocycles. The molecule has 0 saturated carbocycles. The van der Waals surface area contributed by atoms with Gasteiger partial charge in [-0.1, -0.05) is 24.3 Å². The van der Waals surface area contributed by atoms with Gasteiger partial charge in [-0.15, -0.1) is 0 Å². The molecule has 6 heteroatoms. The fourth-order valence-corrected chi connectivity index (χ4v) is 4.51. The summed E-state index contributed by atoms with van der Waals surface area (Å²) < 4.78 is 0. The SMILES string of the molecule is N#CCCN1CCN(c2ccc(Nc3nccc4ccc(-c5ccc(C#N)cc5)cc34)cc2)CC1. The molecule has 1 aromatic heterocycles. The van der Waals surface area contributed by atoms with Crippen molar-refractivity contribution in [3.8, 4) is 23.3 Å². The Labute approximate surface area is 205 Å². The number of fused-ring (bicyclic) bond motifs is 1. The number of anilines is 3. The lowest BCUT2D eigenvalue weighted by Crippen LogP contribution is -2.46. The summed E-state index contributed by atoms with van der Waals surface area (Å²) in [5.74, 6) is 0.817. The molecule has 2 heterocycles. The molecule has 0 radical (unpaired) electrons. The first-order chi connectivity index (χ1) is 17.2. The predicted molar refractivity (Wildman–Crippen MR) is 141 cm³/mol. The first kappa shape index (κ1) is 22.4. The lowest BCUT2D eigenvalue weighted by molar-refractivity contribution is 0.263. The van der Waals surface area contributed by atoms with Crippen molar-refractivity contribution >= 4 is 28.0 Å². The summed E-state index contributed by atoms with van der Waals surface area (Å²) in [4.78, 5) is 9.37. The van der Waals surface area contributed by atoms with Gasteiger partial charge in [0.1, 0.15) is 5.82 Å². The zero-order chi connectivity index (χ0) is 24.0. The van der Waals surface area contributed by atoms with Gasteiger partial charge in [-0.3, -0.25) is 4.90 Å². The minimum Gasteiger partial charge on any atom is -0.369 e. The van der Waals surface area contributed by atoms with Crippen molar-refractivity contribution in [2.75, 3.05) is 42.9 Å². The molecule has 4 aromatic rings. The van der Waals surface area contributed by atoms with Gasteiger partial charge in [0.25, 0.3) is 0 Å². The quantitative estimate of drug-likeness (QED) is 0.408. The molecule has 1 aliphatic rings. The van der Waals surface area contributed by atoms with Gasteiger partial charge >= 0.3 is 0 Å². The smallest absolute Gasteiger partial charge is 0.138 e. The largest absolute Gasteiger partial charge is 0.369 e. The number of pyridine rings is 1. The van der Waals surface area contributed by atoms with Crippen LogP contribution in [0.25, 0.3) is 21.9 Å². The summed E-state index contributed by atoms with van der Waals surface area (Å²) in [6.45, 7) is 4.78. The summed E-state index contributed by atoms with van der Waals surface area (Å²) in [6.07, 6.45) is 2.42. The predicted octanol–water partition coefficient (Wildman–Crippen LogP) is 5.55. The monoisotopic (exact) mass is 458 g/mol. The van der Waals surface area contributed by atoms with Crippen molar-refractivity contribution in [2.45, 2.75) is 6.42 Å². The van der Waals surface area contributed by atoms with E-state index < -0.39 is 0 Å². The van der Waals surface area contributed by atoms with Crippen LogP contribution < -0.4 is 10.2 Å². The van der Waals surface area contributed by atoms with Crippen molar-refractivity contribution < 1.29 is 0 Å². The molecule has 0 spiro atoms. The normalized spacial score (nSPS) is 13.8. The van der Waals surface area contributed by atoms with Crippen molar-refractivity contribution in [2.24, 2.45) is 0 Å². The summed E-state index contributed by atoms with van der Waals surface area (Å²) in [6, 6.07) is 28.9. The molecule has 0 unspecified atom stereocenters. The molecule has 0 bridgehead atoms. The van der Waals surface area contributed by atoms with E-state index in [4.69, 9.17) is 10.5 Å². The van der Waals surface area contributed by atoms with Crippen molar-refractivity contribution in [3.63, 3.8) is 0 Å². The standard InChI is InChI=1S/C29H26N6/c30-13-1-15-34-16-18-35(19-17-34)27-10-8-26(9-11-27)33-29-28-20-25(7-6-24(28)12-14-32-29)23-4-2-22(21-31)3-5-23/h2-12,14,20H,1,15-19H2,(H,32,33). The van der Waals surface area contributed by atoms with E-state index in [1.807, 2.05) is 36.5 Å². The third kappa shape index (κ3) is 5.09. The summed E-state index contributed by atoms with van der Waals surface area (Å²) in [5.41, 5.74) is 5.01. The number of nitriles is 2. The van der Waals surface area contributed by atoms with Crippen LogP contribution in [0.15, 0.2) is 79.0 Å². The molecule has 1 N–H and O–H groups in total. The Morgan fingerprint density at radius 2 is 1.57 bits per heavy atom. The Bertz CT molecular complexity index is 1390. The molecule has 0 amide bonds. The second kappa shape index (κ2) is 10.3. The molecule has 0 atom stereocenters. The van der Waals surface area contributed by atoms with Crippen molar-refractivity contribution in [1.82, 2.24) is 9.88 Å². The fraction of sp³-hybridized carbons (Fsp3) is 0.207. The number of benzene rings is 3. The van der Waals surface area contributed by atoms with Gasteiger partial charge in [0, 0.05) is 62.1 Å². The van der Waals surface area contributed by atoms with Gasteiger partial charge in [-0.25, -0.2) is 4.98 Å². The van der Waals surface area contributed by atoms with E-state index in [1.54, 1.807) is 0 Å². The van der Waals surface area contributed by atoms with E-state index in [-0.39, 0.29) is 0 Å². The van der Waals surface area contributed by atoms with Crippen molar-refractivity contribution in [3.05, 3.63) is 84.6 Å². The number of hydrogen-bond donors (Lipinski definition) is 1. The molecule has 3 aromatic carbocycles. The number of hydrogen-bond acceptors (Lipinski definition) is 6. The average molecular weight is 459 g/mol. The van der Waals surface area contributed by atoms with Crippen LogP contribution in [0.5, 0.6) is 0 Å². The molecule has 5 rings (SSSR count). The molecule has 6 nitrogen and oxygen atoms in total. The minimum absolute atomic E-state index is 0.595. The van der Waals surface area contributed by atoms with E-state index in [0.29, 0.717) is 12.0 Å². The van der Waals surface area contributed by atoms with Crippen LogP contribution in [0, 0.1) is 22.7 Å². The van der Waals surface area contributed by atoms with E-state index in [2.05, 4.69) is 74.7 Å². The maximum absolute atomic E-state index is 9.07. The van der Waals surface area contributed by atoms with Crippen LogP contribution in [0.2, 0.25) is 0 Å². The van der Waals surface area contributed by atoms with Crippen LogP contribution in [-0.2, 0) is 0 Å². The number of piperazine rings is 1. The van der Waals surface area contributed by atoms with Crippen LogP contribution in [-0.4, -0.2) is 42.6 Å². The van der Waals surface area contributed by atoms with E-state index in [1.165, 1.54) is 5.69 Å². The molecular weight excluding hydrogens is 432 g/mol. The average Bonchev–Trinajstić information content (AvgIpc) is 2.93. The number of nitrogens with zero attached hydrogens (tertiary/aromatic N) is 5. The highest BCUT2D eigenvalue weighted by Gasteiger charge is 2.16. The van der Waals surface area contributed by atoms with E-state index in [9.17, 15) is 0 Å². The Kier molecular flexibility index (Phi) is 6.57. The highest BCUT2D eigenvalue weighted by atomic mass is 15.3. The van der Waals surface area contributed by atoms with Gasteiger partial charge in [0.15, 0.2) is 0 Å². The molecular formula is C29H26N6. The number of rotatable bonds is 6. The van der Waals surface area contributed by atoms with Crippen LogP contribution in [0.3, 0.4) is 0 Å². The summed E-state index contributed by atoms with van der Waals surface area (Å²) in [5, 5.41) is 23.5. The fourth-order valence-electron chi connectivity index (χ4n) is 4.51. The first-order valence-corrected chi connectivity index (χ1v) is 11.8. The van der Waals surface area contributed by atoms with Gasteiger partial charge in [0.05, 0.1) is 17.7 Å².